The molecular formula is C15H31IN4O4S. The third-order valence-electron chi connectivity index (χ3n) is 3.70. The van der Waals surface area contributed by atoms with Gasteiger partial charge in [-0.05, 0) is 26.2 Å². The molecule has 1 amide bonds. The van der Waals surface area contributed by atoms with Gasteiger partial charge >= 0.3 is 0 Å². The van der Waals surface area contributed by atoms with Crippen molar-refractivity contribution >= 4 is 45.7 Å². The summed E-state index contributed by atoms with van der Waals surface area (Å²) in [6.45, 7) is 3.31. The van der Waals surface area contributed by atoms with Crippen LogP contribution in [0.3, 0.4) is 0 Å². The van der Waals surface area contributed by atoms with E-state index in [-0.39, 0.29) is 54.3 Å². The van der Waals surface area contributed by atoms with Gasteiger partial charge in [0.05, 0.1) is 11.9 Å². The predicted molar refractivity (Wildman–Crippen MR) is 110 cm³/mol. The van der Waals surface area contributed by atoms with E-state index >= 15 is 0 Å². The minimum Gasteiger partial charge on any atom is -0.376 e. The molecule has 0 radical (unpaired) electrons. The van der Waals surface area contributed by atoms with Crippen LogP contribution in [0.25, 0.3) is 0 Å². The van der Waals surface area contributed by atoms with E-state index < -0.39 is 9.84 Å². The number of nitrogens with zero attached hydrogens (tertiary/aromatic N) is 2. The molecule has 1 aliphatic heterocycles. The van der Waals surface area contributed by atoms with Crippen LogP contribution in [0.4, 0.5) is 0 Å². The molecule has 0 aromatic rings. The lowest BCUT2D eigenvalue weighted by atomic mass is 10.2. The lowest BCUT2D eigenvalue weighted by Gasteiger charge is -2.20. The molecule has 1 rings (SSSR count). The van der Waals surface area contributed by atoms with Crippen molar-refractivity contribution in [1.29, 1.82) is 0 Å². The molecule has 148 valence electrons. The first kappa shape index (κ1) is 24.4. The van der Waals surface area contributed by atoms with Crippen LogP contribution < -0.4 is 10.6 Å². The van der Waals surface area contributed by atoms with Crippen LogP contribution in [0.1, 0.15) is 26.2 Å². The van der Waals surface area contributed by atoms with Gasteiger partial charge in [0.1, 0.15) is 16.4 Å². The number of carbonyl (C=O) groups excluding carboxylic acids is 1. The van der Waals surface area contributed by atoms with E-state index in [9.17, 15) is 13.2 Å². The van der Waals surface area contributed by atoms with Crippen molar-refractivity contribution in [2.24, 2.45) is 4.99 Å². The number of carbonyl (C=O) groups is 1. The van der Waals surface area contributed by atoms with E-state index in [1.54, 1.807) is 14.1 Å². The number of aliphatic imine (C=N–C) groups is 1. The summed E-state index contributed by atoms with van der Waals surface area (Å²) in [5, 5.41) is 6.33. The van der Waals surface area contributed by atoms with Crippen molar-refractivity contribution in [2.75, 3.05) is 45.8 Å². The van der Waals surface area contributed by atoms with Gasteiger partial charge in [0, 0.05) is 39.5 Å². The fraction of sp³-hybridized carbons (Fsp3) is 0.867. The average molecular weight is 490 g/mol. The van der Waals surface area contributed by atoms with E-state index in [0.717, 1.165) is 19.4 Å². The Morgan fingerprint density at radius 1 is 1.40 bits per heavy atom. The number of amides is 1. The number of sulfone groups is 1. The zero-order valence-electron chi connectivity index (χ0n) is 15.4. The number of hydrogen-bond acceptors (Lipinski definition) is 5. The second-order valence-electron chi connectivity index (χ2n) is 6.43. The van der Waals surface area contributed by atoms with E-state index in [1.165, 1.54) is 11.2 Å². The van der Waals surface area contributed by atoms with Crippen LogP contribution in [0.5, 0.6) is 0 Å². The number of halogens is 1. The minimum absolute atomic E-state index is 0. The molecule has 0 bridgehead atoms. The Labute approximate surface area is 168 Å². The summed E-state index contributed by atoms with van der Waals surface area (Å²) >= 11 is 0. The van der Waals surface area contributed by atoms with Crippen molar-refractivity contribution in [2.45, 2.75) is 38.3 Å². The zero-order chi connectivity index (χ0) is 18.2. The van der Waals surface area contributed by atoms with Crippen molar-refractivity contribution in [1.82, 2.24) is 15.5 Å². The highest BCUT2D eigenvalue weighted by Gasteiger charge is 2.17. The van der Waals surface area contributed by atoms with Crippen LogP contribution in [-0.2, 0) is 19.4 Å². The summed E-state index contributed by atoms with van der Waals surface area (Å²) in [6.07, 6.45) is 3.89. The van der Waals surface area contributed by atoms with Crippen molar-refractivity contribution < 1.29 is 17.9 Å². The zero-order valence-corrected chi connectivity index (χ0v) is 18.6. The topological polar surface area (TPSA) is 100 Å². The first-order valence-electron chi connectivity index (χ1n) is 8.21. The monoisotopic (exact) mass is 490 g/mol. The molecule has 2 atom stereocenters. The van der Waals surface area contributed by atoms with E-state index in [4.69, 9.17) is 4.74 Å². The fourth-order valence-corrected chi connectivity index (χ4v) is 2.93. The molecule has 0 aromatic heterocycles. The highest BCUT2D eigenvalue weighted by atomic mass is 127. The number of rotatable bonds is 8. The van der Waals surface area contributed by atoms with E-state index in [1.807, 2.05) is 6.92 Å². The summed E-state index contributed by atoms with van der Waals surface area (Å²) in [4.78, 5) is 17.5. The summed E-state index contributed by atoms with van der Waals surface area (Å²) in [7, 11) is 0.362. The third kappa shape index (κ3) is 11.6. The molecule has 2 unspecified atom stereocenters. The molecule has 0 aliphatic carbocycles. The Kier molecular flexibility index (Phi) is 11.6. The highest BCUT2D eigenvalue weighted by Crippen LogP contribution is 2.10. The normalized spacial score (nSPS) is 19.0. The van der Waals surface area contributed by atoms with E-state index in [0.29, 0.717) is 18.9 Å². The molecule has 2 N–H and O–H groups in total. The molecule has 25 heavy (non-hydrogen) atoms. The molecule has 10 heteroatoms. The molecule has 0 saturated carbocycles. The number of guanidine groups is 1. The molecule has 1 fully saturated rings. The average Bonchev–Trinajstić information content (AvgIpc) is 3.00. The first-order valence-corrected chi connectivity index (χ1v) is 10.3. The predicted octanol–water partition coefficient (Wildman–Crippen LogP) is 0.230. The van der Waals surface area contributed by atoms with Gasteiger partial charge in [0.25, 0.3) is 0 Å². The van der Waals surface area contributed by atoms with Crippen LogP contribution >= 0.6 is 24.0 Å². The number of likely N-dealkylation sites (N-methyl/N-ethyl adjacent to an activating group) is 1. The minimum atomic E-state index is -3.00. The maximum Gasteiger partial charge on any atom is 0.243 e. The Bertz CT molecular complexity index is 534. The molecular weight excluding hydrogens is 459 g/mol. The lowest BCUT2D eigenvalue weighted by molar-refractivity contribution is -0.127. The number of nitrogens with one attached hydrogen (secondary N) is 2. The Hall–Kier alpha value is -0.620. The second-order valence-corrected chi connectivity index (χ2v) is 8.69. The summed E-state index contributed by atoms with van der Waals surface area (Å²) < 4.78 is 28.1. The third-order valence-corrected chi connectivity index (χ3v) is 4.67. The van der Waals surface area contributed by atoms with Crippen molar-refractivity contribution in [3.05, 3.63) is 0 Å². The Balaban J connectivity index is 0.00000576. The lowest BCUT2D eigenvalue weighted by Crippen LogP contribution is -2.45. The van der Waals surface area contributed by atoms with Gasteiger partial charge in [-0.2, -0.15) is 0 Å². The Morgan fingerprint density at radius 2 is 2.08 bits per heavy atom. The van der Waals surface area contributed by atoms with Gasteiger partial charge in [0.15, 0.2) is 5.96 Å². The smallest absolute Gasteiger partial charge is 0.243 e. The van der Waals surface area contributed by atoms with Crippen LogP contribution in [0, 0.1) is 0 Å². The molecule has 1 aliphatic rings. The maximum absolute atomic E-state index is 11.7. The Morgan fingerprint density at radius 3 is 2.60 bits per heavy atom. The summed E-state index contributed by atoms with van der Waals surface area (Å²) in [5.41, 5.74) is 0. The molecule has 0 spiro atoms. The van der Waals surface area contributed by atoms with Crippen molar-refractivity contribution in [3.8, 4) is 0 Å². The van der Waals surface area contributed by atoms with Gasteiger partial charge in [-0.25, -0.2) is 13.4 Å². The highest BCUT2D eigenvalue weighted by molar-refractivity contribution is 14.0. The molecule has 1 heterocycles. The molecule has 1 saturated heterocycles. The number of hydrogen-bond donors (Lipinski definition) is 2. The van der Waals surface area contributed by atoms with Gasteiger partial charge in [-0.1, -0.05) is 0 Å². The van der Waals surface area contributed by atoms with Crippen LogP contribution in [0.15, 0.2) is 4.99 Å². The quantitative estimate of drug-likeness (QED) is 0.287. The molecule has 0 aromatic carbocycles. The number of ether oxygens (including phenoxy) is 1. The molecule has 8 nitrogen and oxygen atoms in total. The summed E-state index contributed by atoms with van der Waals surface area (Å²) in [5.74, 6) is 0.510. The van der Waals surface area contributed by atoms with E-state index in [2.05, 4.69) is 15.6 Å². The van der Waals surface area contributed by atoms with Gasteiger partial charge < -0.3 is 20.3 Å². The van der Waals surface area contributed by atoms with Crippen LogP contribution in [-0.4, -0.2) is 83.1 Å². The van der Waals surface area contributed by atoms with Gasteiger partial charge in [-0.3, -0.25) is 4.79 Å². The van der Waals surface area contributed by atoms with Crippen LogP contribution in [0.2, 0.25) is 0 Å². The van der Waals surface area contributed by atoms with Gasteiger partial charge in [-0.15, -0.1) is 24.0 Å². The largest absolute Gasteiger partial charge is 0.376 e. The summed E-state index contributed by atoms with van der Waals surface area (Å²) in [6, 6.07) is -0.0788. The second kappa shape index (κ2) is 11.9. The van der Waals surface area contributed by atoms with Crippen molar-refractivity contribution in [3.63, 3.8) is 0 Å². The SMILES string of the molecule is CC(CCS(C)(=O)=O)NC(=NCC(=O)N(C)C)NCC1CCCO1.I. The maximum atomic E-state index is 11.7. The first-order chi connectivity index (χ1) is 11.2. The standard InChI is InChI=1S/C15H30N4O4S.HI/c1-12(7-9-24(4,21)22)18-15(17-11-14(20)19(2)3)16-10-13-6-5-8-23-13;/h12-13H,5-11H2,1-4H3,(H2,16,17,18);1H. The van der Waals surface area contributed by atoms with Gasteiger partial charge in [0.2, 0.25) is 5.91 Å². The fourth-order valence-electron chi connectivity index (χ4n) is 2.15.